The molecule has 0 spiro atoms. The number of nitro groups is 1. The largest absolute Gasteiger partial charge is 0.469 e. The Morgan fingerprint density at radius 3 is 2.70 bits per heavy atom. The molecule has 0 amide bonds. The fourth-order valence-corrected chi connectivity index (χ4v) is 1.59. The van der Waals surface area contributed by atoms with E-state index in [0.29, 0.717) is 0 Å². The summed E-state index contributed by atoms with van der Waals surface area (Å²) in [6, 6.07) is 5.17. The van der Waals surface area contributed by atoms with Gasteiger partial charge < -0.3 is 14.9 Å². The van der Waals surface area contributed by atoms with Crippen LogP contribution in [0.25, 0.3) is 0 Å². The topological polar surface area (TPSA) is 134 Å². The maximum absolute atomic E-state index is 11.0. The molecule has 0 heterocycles. The van der Waals surface area contributed by atoms with Crippen molar-refractivity contribution in [3.8, 4) is 6.07 Å². The number of carbonyl (C=O) groups excluding carboxylic acids is 1. The zero-order valence-corrected chi connectivity index (χ0v) is 10.5. The van der Waals surface area contributed by atoms with E-state index in [1.54, 1.807) is 6.07 Å². The number of carbonyl (C=O) groups is 1. The third kappa shape index (κ3) is 3.50. The van der Waals surface area contributed by atoms with E-state index in [4.69, 9.17) is 5.26 Å². The van der Waals surface area contributed by atoms with Crippen molar-refractivity contribution in [3.63, 3.8) is 0 Å². The molecule has 0 aliphatic heterocycles. The van der Waals surface area contributed by atoms with Crippen LogP contribution in [0.4, 0.5) is 5.69 Å². The molecule has 1 aromatic rings. The predicted molar refractivity (Wildman–Crippen MR) is 65.4 cm³/mol. The molecule has 0 saturated heterocycles. The third-order valence-electron chi connectivity index (χ3n) is 2.64. The summed E-state index contributed by atoms with van der Waals surface area (Å²) in [5.74, 6) is -0.757. The summed E-state index contributed by atoms with van der Waals surface area (Å²) in [4.78, 5) is 21.1. The third-order valence-corrected chi connectivity index (χ3v) is 2.64. The summed E-state index contributed by atoms with van der Waals surface area (Å²) in [6.45, 7) is 0. The number of nitro benzene ring substituents is 1. The van der Waals surface area contributed by atoms with Crippen LogP contribution in [0.1, 0.15) is 23.7 Å². The summed E-state index contributed by atoms with van der Waals surface area (Å²) in [5.41, 5.74) is -0.624. The van der Waals surface area contributed by atoms with Gasteiger partial charge in [0.05, 0.1) is 41.8 Å². The first-order chi connectivity index (χ1) is 9.40. The average molecular weight is 280 g/mol. The number of hydrogen-bond donors (Lipinski definition) is 2. The molecule has 0 aromatic heterocycles. The lowest BCUT2D eigenvalue weighted by atomic mass is 9.99. The Morgan fingerprint density at radius 2 is 2.20 bits per heavy atom. The van der Waals surface area contributed by atoms with E-state index in [1.165, 1.54) is 12.1 Å². The monoisotopic (exact) mass is 280 g/mol. The molecule has 0 radical (unpaired) electrons. The highest BCUT2D eigenvalue weighted by Crippen LogP contribution is 2.29. The van der Waals surface area contributed by atoms with Gasteiger partial charge in [-0.05, 0) is 12.1 Å². The number of aliphatic hydroxyl groups is 2. The highest BCUT2D eigenvalue weighted by atomic mass is 16.6. The minimum absolute atomic E-state index is 0.0510. The van der Waals surface area contributed by atoms with Gasteiger partial charge in [-0.1, -0.05) is 0 Å². The Kier molecular flexibility index (Phi) is 5.14. The molecular formula is C12H12N2O6. The van der Waals surface area contributed by atoms with E-state index in [1.807, 2.05) is 0 Å². The van der Waals surface area contributed by atoms with Crippen LogP contribution in [0.5, 0.6) is 0 Å². The van der Waals surface area contributed by atoms with Gasteiger partial charge in [0.25, 0.3) is 5.69 Å². The van der Waals surface area contributed by atoms with Gasteiger partial charge in [0.15, 0.2) is 0 Å². The molecule has 2 atom stereocenters. The van der Waals surface area contributed by atoms with Crippen LogP contribution < -0.4 is 0 Å². The van der Waals surface area contributed by atoms with Crippen molar-refractivity contribution in [1.82, 2.24) is 0 Å². The minimum atomic E-state index is -1.64. The number of methoxy groups -OCH3 is 1. The van der Waals surface area contributed by atoms with Crippen LogP contribution in [0, 0.1) is 21.4 Å². The van der Waals surface area contributed by atoms with Gasteiger partial charge >= 0.3 is 5.97 Å². The van der Waals surface area contributed by atoms with Crippen molar-refractivity contribution >= 4 is 11.7 Å². The second kappa shape index (κ2) is 6.60. The number of esters is 1. The van der Waals surface area contributed by atoms with Gasteiger partial charge in [0.1, 0.15) is 6.10 Å². The van der Waals surface area contributed by atoms with Crippen LogP contribution >= 0.6 is 0 Å². The van der Waals surface area contributed by atoms with Gasteiger partial charge in [-0.2, -0.15) is 5.26 Å². The fraction of sp³-hybridized carbons (Fsp3) is 0.333. The number of benzene rings is 1. The van der Waals surface area contributed by atoms with Gasteiger partial charge in [-0.3, -0.25) is 14.9 Å². The summed E-state index contributed by atoms with van der Waals surface area (Å²) in [5, 5.41) is 39.1. The number of hydrogen-bond acceptors (Lipinski definition) is 7. The van der Waals surface area contributed by atoms with Crippen LogP contribution in [0.3, 0.4) is 0 Å². The molecule has 0 saturated carbocycles. The molecule has 2 N–H and O–H groups in total. The van der Waals surface area contributed by atoms with Crippen molar-refractivity contribution in [1.29, 1.82) is 5.26 Å². The second-order valence-corrected chi connectivity index (χ2v) is 3.93. The first kappa shape index (κ1) is 15.6. The Morgan fingerprint density at radius 1 is 1.55 bits per heavy atom. The fourth-order valence-electron chi connectivity index (χ4n) is 1.59. The van der Waals surface area contributed by atoms with E-state index in [0.717, 1.165) is 13.2 Å². The van der Waals surface area contributed by atoms with Crippen LogP contribution in [0.15, 0.2) is 18.2 Å². The van der Waals surface area contributed by atoms with Crippen molar-refractivity contribution < 1.29 is 24.7 Å². The standard InChI is InChI=1S/C12H12N2O6/c1-20-11(16)5-10(15)12(17)8-3-2-7(6-13)4-9(8)14(18)19/h2-4,10,12,15,17H,5H2,1H3. The molecule has 1 rings (SSSR count). The minimum Gasteiger partial charge on any atom is -0.469 e. The van der Waals surface area contributed by atoms with E-state index >= 15 is 0 Å². The second-order valence-electron chi connectivity index (χ2n) is 3.93. The Balaban J connectivity index is 3.09. The highest BCUT2D eigenvalue weighted by molar-refractivity contribution is 5.70. The first-order valence-electron chi connectivity index (χ1n) is 5.52. The molecule has 106 valence electrons. The smallest absolute Gasteiger partial charge is 0.308 e. The molecule has 0 fully saturated rings. The highest BCUT2D eigenvalue weighted by Gasteiger charge is 2.28. The summed E-state index contributed by atoms with van der Waals surface area (Å²) in [6.07, 6.45) is -3.69. The van der Waals surface area contributed by atoms with E-state index in [-0.39, 0.29) is 11.1 Å². The van der Waals surface area contributed by atoms with Crippen molar-refractivity contribution in [3.05, 3.63) is 39.4 Å². The van der Waals surface area contributed by atoms with E-state index in [9.17, 15) is 25.1 Å². The Hall–Kier alpha value is -2.50. The normalized spacial score (nSPS) is 13.1. The van der Waals surface area contributed by atoms with Crippen molar-refractivity contribution in [2.75, 3.05) is 7.11 Å². The molecule has 20 heavy (non-hydrogen) atoms. The lowest BCUT2D eigenvalue weighted by Crippen LogP contribution is -2.23. The quantitative estimate of drug-likeness (QED) is 0.453. The van der Waals surface area contributed by atoms with Gasteiger partial charge in [-0.25, -0.2) is 0 Å². The molecule has 8 nitrogen and oxygen atoms in total. The summed E-state index contributed by atoms with van der Waals surface area (Å²) >= 11 is 0. The number of nitrogens with zero attached hydrogens (tertiary/aromatic N) is 2. The predicted octanol–water partition coefficient (Wildman–Crippen LogP) is 0.424. The number of ether oxygens (including phenoxy) is 1. The molecule has 2 unspecified atom stereocenters. The lowest BCUT2D eigenvalue weighted by Gasteiger charge is -2.17. The molecule has 0 bridgehead atoms. The first-order valence-corrected chi connectivity index (χ1v) is 5.52. The number of rotatable bonds is 5. The zero-order chi connectivity index (χ0) is 15.3. The Bertz CT molecular complexity index is 566. The van der Waals surface area contributed by atoms with E-state index < -0.39 is 35.2 Å². The maximum atomic E-state index is 11.0. The zero-order valence-electron chi connectivity index (χ0n) is 10.5. The molecule has 8 heteroatoms. The van der Waals surface area contributed by atoms with Crippen molar-refractivity contribution in [2.45, 2.75) is 18.6 Å². The van der Waals surface area contributed by atoms with Gasteiger partial charge in [0, 0.05) is 6.07 Å². The average Bonchev–Trinajstić information content (AvgIpc) is 2.45. The van der Waals surface area contributed by atoms with E-state index in [2.05, 4.69) is 4.74 Å². The molecule has 0 aliphatic carbocycles. The molecule has 1 aromatic carbocycles. The van der Waals surface area contributed by atoms with Crippen molar-refractivity contribution in [2.24, 2.45) is 0 Å². The van der Waals surface area contributed by atoms with Crippen LogP contribution in [0.2, 0.25) is 0 Å². The number of nitriles is 1. The van der Waals surface area contributed by atoms with Gasteiger partial charge in [-0.15, -0.1) is 0 Å². The maximum Gasteiger partial charge on any atom is 0.308 e. The summed E-state index contributed by atoms with van der Waals surface area (Å²) < 4.78 is 4.33. The van der Waals surface area contributed by atoms with Gasteiger partial charge in [0.2, 0.25) is 0 Å². The summed E-state index contributed by atoms with van der Waals surface area (Å²) in [7, 11) is 1.12. The molecule has 0 aliphatic rings. The Labute approximate surface area is 114 Å². The van der Waals surface area contributed by atoms with Crippen LogP contribution in [-0.4, -0.2) is 34.3 Å². The SMILES string of the molecule is COC(=O)CC(O)C(O)c1ccc(C#N)cc1[N+](=O)[O-]. The van der Waals surface area contributed by atoms with Crippen LogP contribution in [-0.2, 0) is 9.53 Å². The lowest BCUT2D eigenvalue weighted by molar-refractivity contribution is -0.386. The molecular weight excluding hydrogens is 268 g/mol. The number of aliphatic hydroxyl groups excluding tert-OH is 2.